The van der Waals surface area contributed by atoms with Gasteiger partial charge in [-0.2, -0.15) is 10.2 Å². The van der Waals surface area contributed by atoms with Gasteiger partial charge in [0.15, 0.2) is 23.0 Å². The Morgan fingerprint density at radius 3 is 1.91 bits per heavy atom. The van der Waals surface area contributed by atoms with Gasteiger partial charge in [-0.3, -0.25) is 19.7 Å². The van der Waals surface area contributed by atoms with Gasteiger partial charge >= 0.3 is 0 Å². The third kappa shape index (κ3) is 7.78. The van der Waals surface area contributed by atoms with Gasteiger partial charge in [0.2, 0.25) is 11.8 Å². The summed E-state index contributed by atoms with van der Waals surface area (Å²) in [5.41, 5.74) is 6.28. The number of non-ortho nitro benzene ring substituents is 1. The molecule has 2 amide bonds. The van der Waals surface area contributed by atoms with Crippen LogP contribution in [0.5, 0.6) is 23.0 Å². The van der Waals surface area contributed by atoms with Crippen LogP contribution in [0.2, 0.25) is 0 Å². The van der Waals surface area contributed by atoms with Gasteiger partial charge in [-0.05, 0) is 54.8 Å². The van der Waals surface area contributed by atoms with Crippen LogP contribution in [0.1, 0.15) is 56.2 Å². The zero-order valence-corrected chi connectivity index (χ0v) is 26.1. The van der Waals surface area contributed by atoms with E-state index < -0.39 is 4.92 Å². The van der Waals surface area contributed by atoms with Crippen LogP contribution in [0, 0.1) is 22.0 Å². The van der Waals surface area contributed by atoms with Crippen molar-refractivity contribution in [3.05, 3.63) is 87.5 Å². The number of nitrogens with zero attached hydrogens (tertiary/aromatic N) is 4. The molecule has 46 heavy (non-hydrogen) atoms. The second-order valence-electron chi connectivity index (χ2n) is 10.8. The number of rotatable bonds is 9. The van der Waals surface area contributed by atoms with Crippen molar-refractivity contribution in [2.45, 2.75) is 46.1 Å². The summed E-state index contributed by atoms with van der Waals surface area (Å²) in [6, 6.07) is 16.2. The number of nitrogens with one attached hydrogen (secondary N) is 1. The van der Waals surface area contributed by atoms with Crippen molar-refractivity contribution in [3.8, 4) is 23.0 Å². The molecule has 0 bridgehead atoms. The molecule has 3 aromatic rings. The molecule has 2 aliphatic heterocycles. The lowest BCUT2D eigenvalue weighted by atomic mass is 9.89. The van der Waals surface area contributed by atoms with Gasteiger partial charge in [0.25, 0.3) is 5.69 Å². The number of ether oxygens (including phenoxy) is 2. The van der Waals surface area contributed by atoms with Crippen molar-refractivity contribution in [3.63, 3.8) is 0 Å². The molecule has 2 unspecified atom stereocenters. The zero-order chi connectivity index (χ0) is 33.4. The second kappa shape index (κ2) is 15.0. The highest BCUT2D eigenvalue weighted by Gasteiger charge is 2.30. The van der Waals surface area contributed by atoms with Gasteiger partial charge in [-0.1, -0.05) is 26.0 Å². The maximum Gasteiger partial charge on any atom is 0.269 e. The molecule has 2 atom stereocenters. The van der Waals surface area contributed by atoms with Crippen molar-refractivity contribution in [1.82, 2.24) is 10.4 Å². The van der Waals surface area contributed by atoms with Crippen LogP contribution in [0.4, 0.5) is 5.69 Å². The van der Waals surface area contributed by atoms with Gasteiger partial charge in [-0.25, -0.2) is 10.4 Å². The highest BCUT2D eigenvalue weighted by atomic mass is 16.6. The molecule has 3 N–H and O–H groups in total. The molecule has 0 fully saturated rings. The topological polar surface area (TPSA) is 176 Å². The highest BCUT2D eigenvalue weighted by molar-refractivity contribution is 6.07. The SMILES string of the molecule is CCC1CC(=O)N(Cc2ccc([N+](=O)[O-])cc2)N=C1c1ccc(OC)c(O)c1.CCC1CC(=O)NN=C1c1ccc(OC)c(O)c1. The second-order valence-corrected chi connectivity index (χ2v) is 10.8. The fourth-order valence-electron chi connectivity index (χ4n) is 5.25. The van der Waals surface area contributed by atoms with E-state index in [1.165, 1.54) is 31.4 Å². The first-order chi connectivity index (χ1) is 22.1. The Bertz CT molecular complexity index is 1650. The quantitative estimate of drug-likeness (QED) is 0.215. The summed E-state index contributed by atoms with van der Waals surface area (Å²) in [6.45, 7) is 4.23. The molecule has 242 valence electrons. The number of carbonyl (C=O) groups is 2. The van der Waals surface area contributed by atoms with Crippen molar-refractivity contribution < 1.29 is 34.2 Å². The first kappa shape index (κ1) is 33.4. The van der Waals surface area contributed by atoms with Crippen LogP contribution >= 0.6 is 0 Å². The van der Waals surface area contributed by atoms with Crippen molar-refractivity contribution in [2.75, 3.05) is 14.2 Å². The maximum atomic E-state index is 12.5. The largest absolute Gasteiger partial charge is 0.504 e. The number of benzene rings is 3. The van der Waals surface area contributed by atoms with Gasteiger partial charge in [0.1, 0.15) is 0 Å². The lowest BCUT2D eigenvalue weighted by Gasteiger charge is -2.29. The van der Waals surface area contributed by atoms with Gasteiger partial charge in [0.05, 0.1) is 37.1 Å². The Labute approximate surface area is 266 Å². The Kier molecular flexibility index (Phi) is 10.9. The van der Waals surface area contributed by atoms with E-state index in [4.69, 9.17) is 9.47 Å². The zero-order valence-electron chi connectivity index (χ0n) is 26.1. The minimum atomic E-state index is -0.464. The predicted octanol–water partition coefficient (Wildman–Crippen LogP) is 5.12. The molecule has 2 heterocycles. The molecule has 0 spiro atoms. The Hall–Kier alpha value is -5.46. The Morgan fingerprint density at radius 1 is 0.870 bits per heavy atom. The number of amides is 2. The average molecular weight is 632 g/mol. The first-order valence-corrected chi connectivity index (χ1v) is 14.8. The maximum absolute atomic E-state index is 12.5. The average Bonchev–Trinajstić information content (AvgIpc) is 3.05. The fraction of sp³-hybridized carbons (Fsp3) is 0.333. The number of hydrogen-bond acceptors (Lipinski definition) is 10. The van der Waals surface area contributed by atoms with E-state index in [9.17, 15) is 29.9 Å². The lowest BCUT2D eigenvalue weighted by molar-refractivity contribution is -0.384. The predicted molar refractivity (Wildman–Crippen MR) is 171 cm³/mol. The molecule has 0 saturated heterocycles. The molecule has 13 heteroatoms. The van der Waals surface area contributed by atoms with Crippen LogP contribution in [0.15, 0.2) is 70.9 Å². The molecule has 0 aliphatic carbocycles. The molecular weight excluding hydrogens is 594 g/mol. The summed E-state index contributed by atoms with van der Waals surface area (Å²) < 4.78 is 10.1. The summed E-state index contributed by atoms with van der Waals surface area (Å²) in [4.78, 5) is 34.1. The summed E-state index contributed by atoms with van der Waals surface area (Å²) in [5.74, 6) is 0.745. The smallest absolute Gasteiger partial charge is 0.269 e. The number of carbonyl (C=O) groups excluding carboxylic acids is 2. The van der Waals surface area contributed by atoms with Gasteiger partial charge in [0, 0.05) is 47.9 Å². The third-order valence-electron chi connectivity index (χ3n) is 7.86. The van der Waals surface area contributed by atoms with Crippen LogP contribution < -0.4 is 14.9 Å². The van der Waals surface area contributed by atoms with Gasteiger partial charge < -0.3 is 19.7 Å². The Morgan fingerprint density at radius 2 is 1.41 bits per heavy atom. The summed E-state index contributed by atoms with van der Waals surface area (Å²) in [6.07, 6.45) is 2.32. The molecule has 0 radical (unpaired) electrons. The van der Waals surface area contributed by atoms with Crippen LogP contribution in [-0.2, 0) is 16.1 Å². The molecule has 0 aromatic heterocycles. The summed E-state index contributed by atoms with van der Waals surface area (Å²) in [5, 5.41) is 40.7. The number of phenolic OH excluding ortho intramolecular Hbond substituents is 2. The summed E-state index contributed by atoms with van der Waals surface area (Å²) >= 11 is 0. The van der Waals surface area contributed by atoms with Gasteiger partial charge in [-0.15, -0.1) is 0 Å². The molecule has 3 aromatic carbocycles. The van der Waals surface area contributed by atoms with E-state index in [0.717, 1.165) is 41.0 Å². The van der Waals surface area contributed by atoms with E-state index in [2.05, 4.69) is 15.6 Å². The fourth-order valence-corrected chi connectivity index (χ4v) is 5.25. The van der Waals surface area contributed by atoms with E-state index in [0.29, 0.717) is 24.3 Å². The van der Waals surface area contributed by atoms with Crippen LogP contribution in [-0.4, -0.2) is 57.6 Å². The minimum absolute atomic E-state index is 0.00216. The first-order valence-electron chi connectivity index (χ1n) is 14.8. The van der Waals surface area contributed by atoms with Crippen molar-refractivity contribution in [1.29, 1.82) is 0 Å². The molecule has 0 saturated carbocycles. The number of nitro groups is 1. The Balaban J connectivity index is 0.000000230. The van der Waals surface area contributed by atoms with Crippen molar-refractivity contribution in [2.24, 2.45) is 22.0 Å². The van der Waals surface area contributed by atoms with E-state index in [1.807, 2.05) is 19.9 Å². The highest BCUT2D eigenvalue weighted by Crippen LogP contribution is 2.32. The van der Waals surface area contributed by atoms with Crippen molar-refractivity contribution >= 4 is 28.9 Å². The normalized spacial score (nSPS) is 17.6. The minimum Gasteiger partial charge on any atom is -0.504 e. The standard InChI is InChI=1S/C20H21N3O5.C13H16N2O3/c1-3-14-11-19(25)22(12-13-4-7-16(8-5-13)23(26)27)21-20(14)15-6-9-18(28-2)17(24)10-15;1-3-8-7-12(17)14-15-13(8)9-4-5-11(18-2)10(16)6-9/h4-10,14,24H,3,11-12H2,1-2H3;4-6,8,16H,3,7H2,1-2H3,(H,14,17). The third-order valence-corrected chi connectivity index (χ3v) is 7.86. The van der Waals surface area contributed by atoms with E-state index in [-0.39, 0.29) is 47.4 Å². The van der Waals surface area contributed by atoms with E-state index >= 15 is 0 Å². The number of phenols is 2. The number of hydrogen-bond donors (Lipinski definition) is 3. The van der Waals surface area contributed by atoms with Crippen LogP contribution in [0.25, 0.3) is 0 Å². The summed E-state index contributed by atoms with van der Waals surface area (Å²) in [7, 11) is 2.98. The molecular formula is C33H37N5O8. The lowest BCUT2D eigenvalue weighted by Crippen LogP contribution is -2.36. The van der Waals surface area contributed by atoms with Crippen LogP contribution in [0.3, 0.4) is 0 Å². The van der Waals surface area contributed by atoms with E-state index in [1.54, 1.807) is 42.5 Å². The number of aromatic hydroxyl groups is 2. The molecule has 5 rings (SSSR count). The number of hydrazone groups is 2. The molecule has 13 nitrogen and oxygen atoms in total. The number of methoxy groups -OCH3 is 2. The number of nitro benzene ring substituents is 1. The monoisotopic (exact) mass is 631 g/mol. The molecule has 2 aliphatic rings.